The molecule has 0 aromatic heterocycles. The number of benzene rings is 3. The van der Waals surface area contributed by atoms with Crippen molar-refractivity contribution in [1.29, 1.82) is 0 Å². The molecule has 0 saturated carbocycles. The molecule has 0 spiro atoms. The fraction of sp³-hybridized carbons (Fsp3) is 0.355. The predicted molar refractivity (Wildman–Crippen MR) is 166 cm³/mol. The fourth-order valence-corrected chi connectivity index (χ4v) is 5.95. The first-order valence-electron chi connectivity index (χ1n) is 14.0. The number of carbonyl (C=O) groups excluding carboxylic acids is 2. The number of carbonyl (C=O) groups is 2. The molecule has 3 aromatic carbocycles. The molecule has 0 fully saturated rings. The third-order valence-electron chi connectivity index (χ3n) is 7.48. The summed E-state index contributed by atoms with van der Waals surface area (Å²) in [6.07, 6.45) is -0.648. The van der Waals surface area contributed by atoms with Gasteiger partial charge in [-0.2, -0.15) is 4.31 Å². The number of fused-ring (bicyclic) bond motifs is 1. The second-order valence-corrected chi connectivity index (χ2v) is 12.6. The smallest absolute Gasteiger partial charge is 0.323 e. The van der Waals surface area contributed by atoms with E-state index >= 15 is 0 Å². The molecule has 0 saturated heterocycles. The van der Waals surface area contributed by atoms with Gasteiger partial charge in [0.05, 0.1) is 43.9 Å². The highest BCUT2D eigenvalue weighted by Crippen LogP contribution is 2.31. The molecule has 12 nitrogen and oxygen atoms in total. The summed E-state index contributed by atoms with van der Waals surface area (Å²) in [5.74, 6) is 0.732. The summed E-state index contributed by atoms with van der Waals surface area (Å²) in [7, 11) is 0.663. The van der Waals surface area contributed by atoms with Crippen LogP contribution in [-0.4, -0.2) is 87.8 Å². The first-order valence-corrected chi connectivity index (χ1v) is 15.5. The molecule has 1 heterocycles. The minimum Gasteiger partial charge on any atom is -0.497 e. The number of sulfonamides is 1. The van der Waals surface area contributed by atoms with Gasteiger partial charge in [0.15, 0.2) is 0 Å². The number of likely N-dealkylation sites (N-methyl/N-ethyl adjacent to an activating group) is 1. The highest BCUT2D eigenvalue weighted by atomic mass is 32.2. The zero-order valence-corrected chi connectivity index (χ0v) is 26.1. The number of nitrogens with zero attached hydrogens (tertiary/aromatic N) is 2. The van der Waals surface area contributed by atoms with Gasteiger partial charge in [-0.3, -0.25) is 4.79 Å². The number of amides is 3. The summed E-state index contributed by atoms with van der Waals surface area (Å²) in [6.45, 7) is 3.53. The molecule has 1 aliphatic rings. The molecule has 4 rings (SSSR count). The standard InChI is InChI=1S/C31H38N4O8S/c1-20-17-35(21(2)19-36)30(37)27-16-23(33-31(38)32-22-6-9-24(41-4)10-7-22)8-15-28(27)43-29(20)18-34(3)44(39,40)26-13-11-25(42-5)12-14-26/h6-16,20-21,29,36H,17-19H2,1-5H3,(H2,32,33,38)/t20-,21+,29-/m1/s1. The molecule has 236 valence electrons. The van der Waals surface area contributed by atoms with Crippen molar-refractivity contribution in [3.63, 3.8) is 0 Å². The number of anilines is 2. The SMILES string of the molecule is COc1ccc(NC(=O)Nc2ccc3c(c2)C(=O)N([C@@H](C)CO)C[C@@H](C)[C@@H](CN(C)S(=O)(=O)c2ccc(OC)cc2)O3)cc1. The Morgan fingerprint density at radius 2 is 1.59 bits per heavy atom. The van der Waals surface area contributed by atoms with Crippen molar-refractivity contribution in [1.82, 2.24) is 9.21 Å². The van der Waals surface area contributed by atoms with Gasteiger partial charge in [-0.05, 0) is 73.7 Å². The number of methoxy groups -OCH3 is 2. The first-order chi connectivity index (χ1) is 21.0. The maximum Gasteiger partial charge on any atom is 0.323 e. The average molecular weight is 627 g/mol. The number of ether oxygens (including phenoxy) is 3. The van der Waals surface area contributed by atoms with Crippen LogP contribution < -0.4 is 24.8 Å². The molecule has 3 atom stereocenters. The number of aliphatic hydroxyl groups excluding tert-OH is 1. The van der Waals surface area contributed by atoms with Crippen molar-refractivity contribution in [2.45, 2.75) is 30.9 Å². The molecule has 44 heavy (non-hydrogen) atoms. The number of hydrogen-bond donors (Lipinski definition) is 3. The lowest BCUT2D eigenvalue weighted by atomic mass is 9.99. The van der Waals surface area contributed by atoms with Crippen molar-refractivity contribution < 1.29 is 37.3 Å². The topological polar surface area (TPSA) is 147 Å². The van der Waals surface area contributed by atoms with Crippen LogP contribution >= 0.6 is 0 Å². The Labute approximate surface area is 257 Å². The lowest BCUT2D eigenvalue weighted by Crippen LogP contribution is -2.50. The molecular weight excluding hydrogens is 588 g/mol. The van der Waals surface area contributed by atoms with E-state index in [0.717, 1.165) is 0 Å². The molecule has 3 N–H and O–H groups in total. The zero-order chi connectivity index (χ0) is 32.0. The van der Waals surface area contributed by atoms with Gasteiger partial charge in [0, 0.05) is 30.9 Å². The van der Waals surface area contributed by atoms with Crippen molar-refractivity contribution in [3.05, 3.63) is 72.3 Å². The monoisotopic (exact) mass is 626 g/mol. The minimum absolute atomic E-state index is 0.00518. The number of aliphatic hydroxyl groups is 1. The van der Waals surface area contributed by atoms with Gasteiger partial charge in [-0.1, -0.05) is 6.92 Å². The highest BCUT2D eigenvalue weighted by molar-refractivity contribution is 7.89. The van der Waals surface area contributed by atoms with Gasteiger partial charge in [-0.15, -0.1) is 0 Å². The summed E-state index contributed by atoms with van der Waals surface area (Å²) in [5, 5.41) is 15.4. The molecular formula is C31H38N4O8S. The fourth-order valence-electron chi connectivity index (χ4n) is 4.77. The second kappa shape index (κ2) is 14.0. The number of hydrogen-bond acceptors (Lipinski definition) is 8. The van der Waals surface area contributed by atoms with Crippen molar-refractivity contribution in [2.75, 3.05) is 51.6 Å². The van der Waals surface area contributed by atoms with Crippen LogP contribution in [0.15, 0.2) is 71.6 Å². The maximum atomic E-state index is 13.7. The number of rotatable bonds is 10. The van der Waals surface area contributed by atoms with E-state index in [1.54, 1.807) is 62.6 Å². The second-order valence-electron chi connectivity index (χ2n) is 10.6. The minimum atomic E-state index is -3.86. The molecule has 3 amide bonds. The van der Waals surface area contributed by atoms with E-state index in [1.807, 2.05) is 6.92 Å². The van der Waals surface area contributed by atoms with E-state index in [4.69, 9.17) is 14.2 Å². The van der Waals surface area contributed by atoms with Gasteiger partial charge in [-0.25, -0.2) is 13.2 Å². The highest BCUT2D eigenvalue weighted by Gasteiger charge is 2.35. The predicted octanol–water partition coefficient (Wildman–Crippen LogP) is 3.89. The molecule has 1 aliphatic heterocycles. The lowest BCUT2D eigenvalue weighted by molar-refractivity contribution is 0.0387. The van der Waals surface area contributed by atoms with Crippen LogP contribution in [0.2, 0.25) is 0 Å². The Hall–Kier alpha value is -4.33. The summed E-state index contributed by atoms with van der Waals surface area (Å²) in [4.78, 5) is 28.1. The Morgan fingerprint density at radius 1 is 1.02 bits per heavy atom. The molecule has 13 heteroatoms. The number of nitrogens with one attached hydrogen (secondary N) is 2. The molecule has 0 bridgehead atoms. The van der Waals surface area contributed by atoms with Crippen LogP contribution in [0.5, 0.6) is 17.2 Å². The molecule has 0 radical (unpaired) electrons. The van der Waals surface area contributed by atoms with E-state index in [2.05, 4.69) is 10.6 Å². The zero-order valence-electron chi connectivity index (χ0n) is 25.3. The normalized spacial score (nSPS) is 17.5. The van der Waals surface area contributed by atoms with Crippen LogP contribution in [0, 0.1) is 5.92 Å². The van der Waals surface area contributed by atoms with Crippen LogP contribution in [0.3, 0.4) is 0 Å². The Bertz CT molecular complexity index is 1560. The van der Waals surface area contributed by atoms with Crippen molar-refractivity contribution in [3.8, 4) is 17.2 Å². The Kier molecular flexibility index (Phi) is 10.3. The molecule has 0 unspecified atom stereocenters. The van der Waals surface area contributed by atoms with E-state index < -0.39 is 28.2 Å². The van der Waals surface area contributed by atoms with Crippen LogP contribution in [0.25, 0.3) is 0 Å². The van der Waals surface area contributed by atoms with Crippen LogP contribution in [0.1, 0.15) is 24.2 Å². The quantitative estimate of drug-likeness (QED) is 0.307. The lowest BCUT2D eigenvalue weighted by Gasteiger charge is -2.38. The van der Waals surface area contributed by atoms with Crippen molar-refractivity contribution >= 4 is 33.3 Å². The number of urea groups is 1. The van der Waals surface area contributed by atoms with Crippen LogP contribution in [0.4, 0.5) is 16.2 Å². The third-order valence-corrected chi connectivity index (χ3v) is 9.31. The van der Waals surface area contributed by atoms with E-state index in [-0.39, 0.29) is 47.7 Å². The van der Waals surface area contributed by atoms with E-state index in [0.29, 0.717) is 22.9 Å². The first kappa shape index (κ1) is 32.6. The Morgan fingerprint density at radius 3 is 2.18 bits per heavy atom. The van der Waals surface area contributed by atoms with Gasteiger partial charge in [0.1, 0.15) is 23.4 Å². The van der Waals surface area contributed by atoms with Crippen LogP contribution in [-0.2, 0) is 10.0 Å². The van der Waals surface area contributed by atoms with Crippen molar-refractivity contribution in [2.24, 2.45) is 5.92 Å². The molecule has 3 aromatic rings. The van der Waals surface area contributed by atoms with Gasteiger partial charge in [0.2, 0.25) is 10.0 Å². The van der Waals surface area contributed by atoms with Gasteiger partial charge < -0.3 is 34.9 Å². The summed E-state index contributed by atoms with van der Waals surface area (Å²) in [5.41, 5.74) is 1.06. The third kappa shape index (κ3) is 7.41. The van der Waals surface area contributed by atoms with Gasteiger partial charge in [0.25, 0.3) is 5.91 Å². The maximum absolute atomic E-state index is 13.7. The summed E-state index contributed by atoms with van der Waals surface area (Å²) in [6, 6.07) is 16.6. The largest absolute Gasteiger partial charge is 0.497 e. The van der Waals surface area contributed by atoms with Gasteiger partial charge >= 0.3 is 6.03 Å². The summed E-state index contributed by atoms with van der Waals surface area (Å²) >= 11 is 0. The van der Waals surface area contributed by atoms with E-state index in [9.17, 15) is 23.1 Å². The molecule has 0 aliphatic carbocycles. The van der Waals surface area contributed by atoms with E-state index in [1.165, 1.54) is 41.6 Å². The summed E-state index contributed by atoms with van der Waals surface area (Å²) < 4.78 is 44.6. The Balaban J connectivity index is 1.59. The average Bonchev–Trinajstić information content (AvgIpc) is 3.02.